The Kier molecular flexibility index (Phi) is 3.60. The van der Waals surface area contributed by atoms with Gasteiger partial charge in [-0.15, -0.1) is 0 Å². The Morgan fingerprint density at radius 2 is 2.16 bits per heavy atom. The molecule has 1 aliphatic rings. The summed E-state index contributed by atoms with van der Waals surface area (Å²) in [5, 5.41) is 0. The molecule has 1 N–H and O–H groups in total. The van der Waals surface area contributed by atoms with Gasteiger partial charge in [0.15, 0.2) is 11.3 Å². The van der Waals surface area contributed by atoms with Crippen molar-refractivity contribution in [3.63, 3.8) is 0 Å². The van der Waals surface area contributed by atoms with Gasteiger partial charge in [0, 0.05) is 5.56 Å². The van der Waals surface area contributed by atoms with Crippen LogP contribution in [0.1, 0.15) is 19.8 Å². The second-order valence-corrected chi connectivity index (χ2v) is 6.12. The lowest BCUT2D eigenvalue weighted by Crippen LogP contribution is -2.38. The number of H-pyrrole nitrogens is 1. The molecular weight excluding hydrogens is 319 g/mol. The highest BCUT2D eigenvalue weighted by Gasteiger charge is 2.32. The minimum atomic E-state index is -0.493. The number of aromatic amines is 1. The van der Waals surface area contributed by atoms with E-state index in [9.17, 15) is 9.18 Å². The Balaban J connectivity index is 1.97. The minimum Gasteiger partial charge on any atom is -0.289 e. The summed E-state index contributed by atoms with van der Waals surface area (Å²) in [6.07, 6.45) is 10.8. The molecule has 3 aromatic rings. The van der Waals surface area contributed by atoms with Gasteiger partial charge in [-0.25, -0.2) is 19.2 Å². The molecule has 1 unspecified atom stereocenters. The third kappa shape index (κ3) is 2.41. The van der Waals surface area contributed by atoms with Gasteiger partial charge >= 0.3 is 5.69 Å². The van der Waals surface area contributed by atoms with Gasteiger partial charge in [-0.3, -0.25) is 9.55 Å². The van der Waals surface area contributed by atoms with E-state index in [2.05, 4.69) is 15.0 Å². The first-order valence-electron chi connectivity index (χ1n) is 8.22. The van der Waals surface area contributed by atoms with Gasteiger partial charge in [0.25, 0.3) is 0 Å². The number of fused-ring (bicyclic) bond motifs is 1. The lowest BCUT2D eigenvalue weighted by molar-refractivity contribution is 0.356. The molecule has 0 amide bonds. The van der Waals surface area contributed by atoms with E-state index in [1.165, 1.54) is 12.3 Å². The second-order valence-electron chi connectivity index (χ2n) is 6.12. The number of halogens is 1. The van der Waals surface area contributed by atoms with Crippen molar-refractivity contribution in [1.82, 2.24) is 19.5 Å². The zero-order valence-electron chi connectivity index (χ0n) is 13.7. The van der Waals surface area contributed by atoms with Crippen molar-refractivity contribution in [2.75, 3.05) is 0 Å². The average molecular weight is 336 g/mol. The maximum Gasteiger partial charge on any atom is 0.329 e. The first-order chi connectivity index (χ1) is 12.1. The summed E-state index contributed by atoms with van der Waals surface area (Å²) < 4.78 is 15.8. The third-order valence-electron chi connectivity index (χ3n) is 4.73. The number of nitrogens with one attached hydrogen (secondary N) is 1. The molecule has 0 saturated carbocycles. The predicted molar refractivity (Wildman–Crippen MR) is 94.7 cm³/mol. The molecule has 1 aliphatic carbocycles. The van der Waals surface area contributed by atoms with Crippen molar-refractivity contribution in [1.29, 1.82) is 0 Å². The molecule has 126 valence electrons. The highest BCUT2D eigenvalue weighted by Crippen LogP contribution is 2.31. The highest BCUT2D eigenvalue weighted by molar-refractivity contribution is 5.71. The van der Waals surface area contributed by atoms with Crippen LogP contribution in [0, 0.1) is 5.82 Å². The summed E-state index contributed by atoms with van der Waals surface area (Å²) >= 11 is 0. The molecule has 0 fully saturated rings. The van der Waals surface area contributed by atoms with E-state index in [1.54, 1.807) is 22.8 Å². The van der Waals surface area contributed by atoms with E-state index >= 15 is 0 Å². The molecule has 0 aliphatic heterocycles. The van der Waals surface area contributed by atoms with Crippen LogP contribution in [0.25, 0.3) is 22.6 Å². The van der Waals surface area contributed by atoms with Crippen LogP contribution in [0.4, 0.5) is 4.39 Å². The largest absolute Gasteiger partial charge is 0.329 e. The second kappa shape index (κ2) is 5.81. The van der Waals surface area contributed by atoms with Crippen molar-refractivity contribution < 1.29 is 4.39 Å². The van der Waals surface area contributed by atoms with E-state index in [0.717, 1.165) is 6.42 Å². The summed E-state index contributed by atoms with van der Waals surface area (Å²) in [4.78, 5) is 24.2. The topological polar surface area (TPSA) is 63.6 Å². The standard InChI is InChI=1S/C19H17FN4O/c1-2-19(10-6-3-7-11-19)24-17-16(23-18(24)25)21-12-15(22-17)13-8-4-5-9-14(13)20/h3-10,12H,2,11H2,1H3,(H,21,23,25). The van der Waals surface area contributed by atoms with Gasteiger partial charge < -0.3 is 0 Å². The van der Waals surface area contributed by atoms with Gasteiger partial charge in [0.2, 0.25) is 0 Å². The van der Waals surface area contributed by atoms with Crippen molar-refractivity contribution >= 4 is 11.3 Å². The lowest BCUT2D eigenvalue weighted by Gasteiger charge is -2.31. The molecular formula is C19H17FN4O. The first-order valence-corrected chi connectivity index (χ1v) is 8.22. The minimum absolute atomic E-state index is 0.262. The molecule has 5 nitrogen and oxygen atoms in total. The summed E-state index contributed by atoms with van der Waals surface area (Å²) in [5.41, 5.74) is 0.852. The number of allylic oxidation sites excluding steroid dienone is 4. The van der Waals surface area contributed by atoms with E-state index in [-0.39, 0.29) is 11.5 Å². The van der Waals surface area contributed by atoms with Crippen LogP contribution >= 0.6 is 0 Å². The Morgan fingerprint density at radius 1 is 1.32 bits per heavy atom. The predicted octanol–water partition coefficient (Wildman–Crippen LogP) is 3.55. The van der Waals surface area contributed by atoms with E-state index in [1.807, 2.05) is 31.2 Å². The molecule has 0 saturated heterocycles. The van der Waals surface area contributed by atoms with Gasteiger partial charge in [0.1, 0.15) is 5.82 Å². The Bertz CT molecular complexity index is 1060. The van der Waals surface area contributed by atoms with Gasteiger partial charge in [-0.05, 0) is 25.0 Å². The molecule has 0 spiro atoms. The molecule has 4 rings (SSSR count). The fourth-order valence-electron chi connectivity index (χ4n) is 3.33. The lowest BCUT2D eigenvalue weighted by atomic mass is 9.88. The maximum atomic E-state index is 14.1. The number of imidazole rings is 1. The fourth-order valence-corrected chi connectivity index (χ4v) is 3.33. The van der Waals surface area contributed by atoms with E-state index in [4.69, 9.17) is 0 Å². The molecule has 25 heavy (non-hydrogen) atoms. The van der Waals surface area contributed by atoms with Crippen molar-refractivity contribution in [2.45, 2.75) is 25.3 Å². The number of benzene rings is 1. The van der Waals surface area contributed by atoms with Crippen LogP contribution in [0.15, 0.2) is 59.6 Å². The van der Waals surface area contributed by atoms with Gasteiger partial charge in [-0.2, -0.15) is 0 Å². The third-order valence-corrected chi connectivity index (χ3v) is 4.73. The zero-order valence-corrected chi connectivity index (χ0v) is 13.7. The van der Waals surface area contributed by atoms with Crippen molar-refractivity contribution in [3.8, 4) is 11.3 Å². The molecule has 0 radical (unpaired) electrons. The van der Waals surface area contributed by atoms with Crippen LogP contribution in [-0.4, -0.2) is 19.5 Å². The number of hydrogen-bond donors (Lipinski definition) is 1. The van der Waals surface area contributed by atoms with Crippen LogP contribution in [0.3, 0.4) is 0 Å². The van der Waals surface area contributed by atoms with Crippen LogP contribution < -0.4 is 5.69 Å². The van der Waals surface area contributed by atoms with Crippen molar-refractivity contribution in [3.05, 3.63) is 71.1 Å². The smallest absolute Gasteiger partial charge is 0.289 e. The number of nitrogens with zero attached hydrogens (tertiary/aromatic N) is 3. The van der Waals surface area contributed by atoms with Crippen LogP contribution in [0.2, 0.25) is 0 Å². The summed E-state index contributed by atoms with van der Waals surface area (Å²) in [5.74, 6) is -0.369. The molecule has 1 aromatic carbocycles. The average Bonchev–Trinajstić information content (AvgIpc) is 2.98. The molecule has 0 bridgehead atoms. The fraction of sp³-hybridized carbons (Fsp3) is 0.211. The summed E-state index contributed by atoms with van der Waals surface area (Å²) in [6, 6.07) is 6.41. The number of aromatic nitrogens is 4. The van der Waals surface area contributed by atoms with Crippen LogP contribution in [0.5, 0.6) is 0 Å². The summed E-state index contributed by atoms with van der Waals surface area (Å²) in [6.45, 7) is 2.03. The molecule has 2 aromatic heterocycles. The Morgan fingerprint density at radius 3 is 2.88 bits per heavy atom. The highest BCUT2D eigenvalue weighted by atomic mass is 19.1. The Hall–Kier alpha value is -3.02. The monoisotopic (exact) mass is 336 g/mol. The number of rotatable bonds is 3. The molecule has 1 atom stereocenters. The first kappa shape index (κ1) is 15.5. The SMILES string of the molecule is CCC1(n2c(=O)[nH]c3ncc(-c4ccccc4F)nc32)C=CC=CC1. The normalized spacial score (nSPS) is 19.6. The molecule has 6 heteroatoms. The number of hydrogen-bond acceptors (Lipinski definition) is 3. The maximum absolute atomic E-state index is 14.1. The summed E-state index contributed by atoms with van der Waals surface area (Å²) in [7, 11) is 0. The van der Waals surface area contributed by atoms with Gasteiger partial charge in [0.05, 0.1) is 17.4 Å². The van der Waals surface area contributed by atoms with Gasteiger partial charge in [-0.1, -0.05) is 43.4 Å². The molecule has 2 heterocycles. The van der Waals surface area contributed by atoms with E-state index < -0.39 is 5.54 Å². The van der Waals surface area contributed by atoms with Crippen molar-refractivity contribution in [2.24, 2.45) is 0 Å². The Labute approximate surface area is 143 Å². The van der Waals surface area contributed by atoms with E-state index in [0.29, 0.717) is 29.0 Å². The van der Waals surface area contributed by atoms with Crippen LogP contribution in [-0.2, 0) is 5.54 Å². The zero-order chi connectivity index (χ0) is 17.4. The quantitative estimate of drug-likeness (QED) is 0.795.